The number of thiazole rings is 1. The SMILES string of the molecule is Cc1cc(NC(=O)c2cccc([N+](=O)[O-])c2)n(-c2nc3c(Cl)cccc3s2)n1. The summed E-state index contributed by atoms with van der Waals surface area (Å²) in [5.41, 5.74) is 1.36. The van der Waals surface area contributed by atoms with Crippen LogP contribution in [0.15, 0.2) is 48.5 Å². The van der Waals surface area contributed by atoms with Crippen LogP contribution in [0, 0.1) is 17.0 Å². The lowest BCUT2D eigenvalue weighted by atomic mass is 10.2. The van der Waals surface area contributed by atoms with E-state index in [-0.39, 0.29) is 11.3 Å². The number of nitrogens with zero attached hydrogens (tertiary/aromatic N) is 4. The Hall–Kier alpha value is -3.30. The molecule has 0 saturated carbocycles. The molecule has 0 radical (unpaired) electrons. The third kappa shape index (κ3) is 3.32. The molecule has 0 aliphatic carbocycles. The lowest BCUT2D eigenvalue weighted by Gasteiger charge is -2.06. The van der Waals surface area contributed by atoms with Crippen LogP contribution in [-0.2, 0) is 0 Å². The molecular formula is C18H12ClN5O3S. The number of anilines is 1. The maximum absolute atomic E-state index is 12.6. The van der Waals surface area contributed by atoms with Crippen molar-refractivity contribution in [2.24, 2.45) is 0 Å². The second-order valence-electron chi connectivity index (χ2n) is 5.93. The summed E-state index contributed by atoms with van der Waals surface area (Å²) >= 11 is 7.58. The Morgan fingerprint density at radius 3 is 2.79 bits per heavy atom. The zero-order valence-electron chi connectivity index (χ0n) is 14.4. The summed E-state index contributed by atoms with van der Waals surface area (Å²) in [6, 6.07) is 12.7. The smallest absolute Gasteiger partial charge is 0.270 e. The van der Waals surface area contributed by atoms with Gasteiger partial charge in [-0.2, -0.15) is 9.78 Å². The average molecular weight is 414 g/mol. The predicted octanol–water partition coefficient (Wildman–Crippen LogP) is 4.60. The van der Waals surface area contributed by atoms with E-state index in [2.05, 4.69) is 15.4 Å². The monoisotopic (exact) mass is 413 g/mol. The fourth-order valence-corrected chi connectivity index (χ4v) is 3.91. The molecule has 140 valence electrons. The first-order chi connectivity index (χ1) is 13.4. The van der Waals surface area contributed by atoms with Crippen LogP contribution in [0.3, 0.4) is 0 Å². The molecular weight excluding hydrogens is 402 g/mol. The van der Waals surface area contributed by atoms with E-state index < -0.39 is 10.8 Å². The summed E-state index contributed by atoms with van der Waals surface area (Å²) in [6.07, 6.45) is 0. The Morgan fingerprint density at radius 2 is 2.04 bits per heavy atom. The summed E-state index contributed by atoms with van der Waals surface area (Å²) in [4.78, 5) is 27.5. The Morgan fingerprint density at radius 1 is 1.25 bits per heavy atom. The van der Waals surface area contributed by atoms with E-state index in [4.69, 9.17) is 11.6 Å². The van der Waals surface area contributed by atoms with Crippen LogP contribution in [0.1, 0.15) is 16.1 Å². The average Bonchev–Trinajstić information content (AvgIpc) is 3.26. The fourth-order valence-electron chi connectivity index (χ4n) is 2.68. The third-order valence-electron chi connectivity index (χ3n) is 3.93. The van der Waals surface area contributed by atoms with Crippen molar-refractivity contribution in [3.8, 4) is 5.13 Å². The van der Waals surface area contributed by atoms with Crippen LogP contribution in [0.4, 0.5) is 11.5 Å². The molecule has 0 atom stereocenters. The van der Waals surface area contributed by atoms with Gasteiger partial charge in [-0.05, 0) is 25.1 Å². The second-order valence-corrected chi connectivity index (χ2v) is 7.34. The fraction of sp³-hybridized carbons (Fsp3) is 0.0556. The van der Waals surface area contributed by atoms with Crippen LogP contribution in [0.25, 0.3) is 15.3 Å². The Labute approximate surface area is 167 Å². The van der Waals surface area contributed by atoms with Gasteiger partial charge in [0, 0.05) is 23.8 Å². The number of para-hydroxylation sites is 1. The molecule has 0 bridgehead atoms. The van der Waals surface area contributed by atoms with Gasteiger partial charge in [0.15, 0.2) is 0 Å². The summed E-state index contributed by atoms with van der Waals surface area (Å²) in [5.74, 6) is -0.0758. The molecule has 0 unspecified atom stereocenters. The van der Waals surface area contributed by atoms with Crippen molar-refractivity contribution in [2.75, 3.05) is 5.32 Å². The van der Waals surface area contributed by atoms with E-state index in [1.165, 1.54) is 40.3 Å². The summed E-state index contributed by atoms with van der Waals surface area (Å²) in [7, 11) is 0. The Kier molecular flexibility index (Phi) is 4.54. The number of aryl methyl sites for hydroxylation is 1. The molecule has 1 amide bonds. The van der Waals surface area contributed by atoms with Crippen molar-refractivity contribution in [1.29, 1.82) is 0 Å². The quantitative estimate of drug-likeness (QED) is 0.389. The van der Waals surface area contributed by atoms with Crippen molar-refractivity contribution in [2.45, 2.75) is 6.92 Å². The zero-order valence-corrected chi connectivity index (χ0v) is 16.0. The summed E-state index contributed by atoms with van der Waals surface area (Å²) in [6.45, 7) is 1.79. The minimum atomic E-state index is -0.546. The van der Waals surface area contributed by atoms with Crippen molar-refractivity contribution < 1.29 is 9.72 Å². The zero-order chi connectivity index (χ0) is 19.8. The molecule has 0 aliphatic rings. The minimum Gasteiger partial charge on any atom is -0.306 e. The molecule has 2 aromatic carbocycles. The topological polar surface area (TPSA) is 103 Å². The highest BCUT2D eigenvalue weighted by atomic mass is 35.5. The van der Waals surface area contributed by atoms with Gasteiger partial charge in [0.1, 0.15) is 11.3 Å². The summed E-state index contributed by atoms with van der Waals surface area (Å²) in [5, 5.41) is 19.2. The number of benzene rings is 2. The third-order valence-corrected chi connectivity index (χ3v) is 5.23. The molecule has 2 aromatic heterocycles. The highest BCUT2D eigenvalue weighted by Gasteiger charge is 2.17. The molecule has 8 nitrogen and oxygen atoms in total. The van der Waals surface area contributed by atoms with Crippen LogP contribution in [0.5, 0.6) is 0 Å². The number of nitrogens with one attached hydrogen (secondary N) is 1. The minimum absolute atomic E-state index is 0.154. The first-order valence-electron chi connectivity index (χ1n) is 8.10. The number of non-ortho nitro benzene ring substituents is 1. The lowest BCUT2D eigenvalue weighted by Crippen LogP contribution is -2.15. The Balaban J connectivity index is 1.70. The van der Waals surface area contributed by atoms with Gasteiger partial charge in [-0.15, -0.1) is 0 Å². The normalized spacial score (nSPS) is 10.9. The molecule has 10 heteroatoms. The molecule has 0 spiro atoms. The van der Waals surface area contributed by atoms with Crippen LogP contribution < -0.4 is 5.32 Å². The maximum Gasteiger partial charge on any atom is 0.270 e. The van der Waals surface area contributed by atoms with E-state index in [0.29, 0.717) is 27.2 Å². The maximum atomic E-state index is 12.6. The van der Waals surface area contributed by atoms with E-state index in [9.17, 15) is 14.9 Å². The molecule has 0 fully saturated rings. The number of fused-ring (bicyclic) bond motifs is 1. The largest absolute Gasteiger partial charge is 0.306 e. The molecule has 28 heavy (non-hydrogen) atoms. The standard InChI is InChI=1S/C18H12ClN5O3S/c1-10-8-15(20-17(25)11-4-2-5-12(9-11)24(26)27)23(22-10)18-21-16-13(19)6-3-7-14(16)28-18/h2-9H,1H3,(H,20,25). The van der Waals surface area contributed by atoms with Crippen LogP contribution >= 0.6 is 22.9 Å². The van der Waals surface area contributed by atoms with Gasteiger partial charge < -0.3 is 5.32 Å². The van der Waals surface area contributed by atoms with Crippen LogP contribution in [-0.4, -0.2) is 25.6 Å². The highest BCUT2D eigenvalue weighted by Crippen LogP contribution is 2.31. The van der Waals surface area contributed by atoms with Crippen molar-refractivity contribution in [3.63, 3.8) is 0 Å². The summed E-state index contributed by atoms with van der Waals surface area (Å²) < 4.78 is 2.41. The molecule has 0 aliphatic heterocycles. The lowest BCUT2D eigenvalue weighted by molar-refractivity contribution is -0.384. The van der Waals surface area contributed by atoms with E-state index in [1.54, 1.807) is 19.1 Å². The van der Waals surface area contributed by atoms with Gasteiger partial charge in [-0.25, -0.2) is 4.98 Å². The number of aromatic nitrogens is 3. The van der Waals surface area contributed by atoms with Gasteiger partial charge in [-0.1, -0.05) is 35.1 Å². The number of amides is 1. The van der Waals surface area contributed by atoms with E-state index in [0.717, 1.165) is 4.70 Å². The predicted molar refractivity (Wildman–Crippen MR) is 108 cm³/mol. The number of nitro groups is 1. The number of carbonyl (C=O) groups is 1. The first-order valence-corrected chi connectivity index (χ1v) is 9.30. The number of hydrogen-bond donors (Lipinski definition) is 1. The molecule has 4 rings (SSSR count). The molecule has 2 heterocycles. The number of halogens is 1. The van der Waals surface area contributed by atoms with Gasteiger partial charge in [0.2, 0.25) is 5.13 Å². The van der Waals surface area contributed by atoms with E-state index in [1.807, 2.05) is 12.1 Å². The van der Waals surface area contributed by atoms with Gasteiger partial charge >= 0.3 is 0 Å². The molecule has 0 saturated heterocycles. The van der Waals surface area contributed by atoms with Crippen LogP contribution in [0.2, 0.25) is 5.02 Å². The second kappa shape index (κ2) is 7.02. The molecule has 4 aromatic rings. The highest BCUT2D eigenvalue weighted by molar-refractivity contribution is 7.20. The molecule has 1 N–H and O–H groups in total. The van der Waals surface area contributed by atoms with Crippen molar-refractivity contribution in [3.05, 3.63) is 74.9 Å². The van der Waals surface area contributed by atoms with Crippen molar-refractivity contribution in [1.82, 2.24) is 14.8 Å². The Bertz CT molecular complexity index is 1230. The number of hydrogen-bond acceptors (Lipinski definition) is 6. The first kappa shape index (κ1) is 18.1. The number of carbonyl (C=O) groups excluding carboxylic acids is 1. The van der Waals surface area contributed by atoms with Gasteiger partial charge in [-0.3, -0.25) is 14.9 Å². The van der Waals surface area contributed by atoms with Gasteiger partial charge in [0.05, 0.1) is 20.3 Å². The van der Waals surface area contributed by atoms with Crippen molar-refractivity contribution >= 4 is 50.6 Å². The van der Waals surface area contributed by atoms with Gasteiger partial charge in [0.25, 0.3) is 11.6 Å². The van der Waals surface area contributed by atoms with E-state index >= 15 is 0 Å². The number of rotatable bonds is 4. The number of nitro benzene ring substituents is 1.